The first-order valence-electron chi connectivity index (χ1n) is 7.65. The summed E-state index contributed by atoms with van der Waals surface area (Å²) in [6.07, 6.45) is 2.49. The molecule has 1 aromatic carbocycles. The third-order valence-corrected chi connectivity index (χ3v) is 5.32. The highest BCUT2D eigenvalue weighted by Crippen LogP contribution is 2.36. The average molecular weight is 315 g/mol. The fourth-order valence-electron chi connectivity index (χ4n) is 3.07. The van der Waals surface area contributed by atoms with E-state index >= 15 is 0 Å². The van der Waals surface area contributed by atoms with Crippen molar-refractivity contribution >= 4 is 17.3 Å². The smallest absolute Gasteiger partial charge is 0.337 e. The van der Waals surface area contributed by atoms with Gasteiger partial charge in [-0.2, -0.15) is 0 Å². The van der Waals surface area contributed by atoms with Gasteiger partial charge in [0.05, 0.1) is 12.7 Å². The van der Waals surface area contributed by atoms with Crippen LogP contribution in [0.2, 0.25) is 0 Å². The Kier molecular flexibility index (Phi) is 4.60. The summed E-state index contributed by atoms with van der Waals surface area (Å²) in [5, 5.41) is 0. The lowest BCUT2D eigenvalue weighted by atomic mass is 10.1. The minimum absolute atomic E-state index is 0.278. The molecular formula is C18H21NO2S. The van der Waals surface area contributed by atoms with Crippen molar-refractivity contribution in [2.24, 2.45) is 0 Å². The van der Waals surface area contributed by atoms with Crippen LogP contribution >= 0.6 is 11.3 Å². The summed E-state index contributed by atoms with van der Waals surface area (Å²) in [6, 6.07) is 12.8. The molecule has 0 amide bonds. The van der Waals surface area contributed by atoms with E-state index in [0.717, 1.165) is 13.1 Å². The Morgan fingerprint density at radius 2 is 2.05 bits per heavy atom. The molecule has 0 aliphatic carbocycles. The summed E-state index contributed by atoms with van der Waals surface area (Å²) in [4.78, 5) is 16.9. The van der Waals surface area contributed by atoms with Crippen molar-refractivity contribution < 1.29 is 9.53 Å². The monoisotopic (exact) mass is 315 g/mol. The summed E-state index contributed by atoms with van der Waals surface area (Å²) in [7, 11) is 1.41. The first kappa shape index (κ1) is 15.3. The molecule has 1 saturated heterocycles. The van der Waals surface area contributed by atoms with E-state index in [1.54, 1.807) is 0 Å². The van der Waals surface area contributed by atoms with E-state index in [1.165, 1.54) is 35.3 Å². The SMILES string of the molecule is COC(=O)c1ccc(CN2CCCC2c2ccc(C)s2)cc1. The van der Waals surface area contributed by atoms with Gasteiger partial charge < -0.3 is 4.74 Å². The van der Waals surface area contributed by atoms with Gasteiger partial charge in [0.25, 0.3) is 0 Å². The standard InChI is InChI=1S/C18H21NO2S/c1-13-5-10-17(22-13)16-4-3-11-19(16)12-14-6-8-15(9-7-14)18(20)21-2/h5-10,16H,3-4,11-12H2,1-2H3. The van der Waals surface area contributed by atoms with Crippen LogP contribution in [0.5, 0.6) is 0 Å². The fourth-order valence-corrected chi connectivity index (χ4v) is 4.12. The Morgan fingerprint density at radius 3 is 2.68 bits per heavy atom. The Morgan fingerprint density at radius 1 is 1.27 bits per heavy atom. The van der Waals surface area contributed by atoms with Gasteiger partial charge in [-0.25, -0.2) is 4.79 Å². The molecule has 1 unspecified atom stereocenters. The second-order valence-corrected chi connectivity index (χ2v) is 7.08. The zero-order valence-electron chi connectivity index (χ0n) is 13.0. The van der Waals surface area contributed by atoms with Crippen molar-refractivity contribution in [3.8, 4) is 0 Å². The third kappa shape index (κ3) is 3.23. The molecular weight excluding hydrogens is 294 g/mol. The van der Waals surface area contributed by atoms with E-state index in [-0.39, 0.29) is 5.97 Å². The van der Waals surface area contributed by atoms with E-state index in [0.29, 0.717) is 11.6 Å². The van der Waals surface area contributed by atoms with E-state index in [1.807, 2.05) is 35.6 Å². The maximum atomic E-state index is 11.5. The van der Waals surface area contributed by atoms with Crippen LogP contribution in [0.15, 0.2) is 36.4 Å². The first-order chi connectivity index (χ1) is 10.7. The number of hydrogen-bond acceptors (Lipinski definition) is 4. The van der Waals surface area contributed by atoms with Crippen LogP contribution < -0.4 is 0 Å². The van der Waals surface area contributed by atoms with Gasteiger partial charge >= 0.3 is 5.97 Å². The fraction of sp³-hybridized carbons (Fsp3) is 0.389. The van der Waals surface area contributed by atoms with Gasteiger partial charge in [0.2, 0.25) is 0 Å². The summed E-state index contributed by atoms with van der Waals surface area (Å²) in [5.41, 5.74) is 1.85. The number of benzene rings is 1. The molecule has 0 saturated carbocycles. The van der Waals surface area contributed by atoms with Gasteiger partial charge in [-0.15, -0.1) is 11.3 Å². The number of hydrogen-bond donors (Lipinski definition) is 0. The van der Waals surface area contributed by atoms with Crippen LogP contribution in [0.4, 0.5) is 0 Å². The Labute approximate surface area is 135 Å². The Balaban J connectivity index is 1.70. The topological polar surface area (TPSA) is 29.5 Å². The number of rotatable bonds is 4. The number of methoxy groups -OCH3 is 1. The largest absolute Gasteiger partial charge is 0.465 e. The number of likely N-dealkylation sites (tertiary alicyclic amines) is 1. The van der Waals surface area contributed by atoms with E-state index < -0.39 is 0 Å². The predicted molar refractivity (Wildman–Crippen MR) is 89.2 cm³/mol. The molecule has 116 valence electrons. The number of thiophene rings is 1. The second-order valence-electron chi connectivity index (χ2n) is 5.77. The lowest BCUT2D eigenvalue weighted by molar-refractivity contribution is 0.0600. The first-order valence-corrected chi connectivity index (χ1v) is 8.46. The van der Waals surface area contributed by atoms with Gasteiger partial charge in [0.15, 0.2) is 0 Å². The number of aryl methyl sites for hydroxylation is 1. The number of ether oxygens (including phenoxy) is 1. The quantitative estimate of drug-likeness (QED) is 0.793. The minimum Gasteiger partial charge on any atom is -0.465 e. The molecule has 1 fully saturated rings. The molecule has 0 spiro atoms. The van der Waals surface area contributed by atoms with Gasteiger partial charge in [0.1, 0.15) is 0 Å². The van der Waals surface area contributed by atoms with Crippen molar-refractivity contribution in [1.29, 1.82) is 0 Å². The minimum atomic E-state index is -0.278. The van der Waals surface area contributed by atoms with Crippen LogP contribution in [0.3, 0.4) is 0 Å². The van der Waals surface area contributed by atoms with E-state index in [4.69, 9.17) is 4.74 Å². The van der Waals surface area contributed by atoms with Crippen molar-refractivity contribution in [3.63, 3.8) is 0 Å². The van der Waals surface area contributed by atoms with E-state index in [9.17, 15) is 4.79 Å². The highest BCUT2D eigenvalue weighted by Gasteiger charge is 2.26. The molecule has 1 atom stereocenters. The van der Waals surface area contributed by atoms with Crippen molar-refractivity contribution in [2.45, 2.75) is 32.4 Å². The van der Waals surface area contributed by atoms with Gasteiger partial charge in [0, 0.05) is 22.3 Å². The number of carbonyl (C=O) groups excluding carboxylic acids is 1. The summed E-state index contributed by atoms with van der Waals surface area (Å²) in [6.45, 7) is 4.24. The molecule has 0 radical (unpaired) electrons. The van der Waals surface area contributed by atoms with Crippen molar-refractivity contribution in [2.75, 3.05) is 13.7 Å². The van der Waals surface area contributed by atoms with Crippen molar-refractivity contribution in [3.05, 3.63) is 57.3 Å². The van der Waals surface area contributed by atoms with Crippen molar-refractivity contribution in [1.82, 2.24) is 4.90 Å². The molecule has 2 aromatic rings. The zero-order valence-corrected chi connectivity index (χ0v) is 13.9. The number of carbonyl (C=O) groups is 1. The third-order valence-electron chi connectivity index (χ3n) is 4.21. The number of esters is 1. The van der Waals surface area contributed by atoms with Gasteiger partial charge in [-0.05, 0) is 56.1 Å². The highest BCUT2D eigenvalue weighted by atomic mass is 32.1. The summed E-state index contributed by atoms with van der Waals surface area (Å²) in [5.74, 6) is -0.278. The molecule has 3 nitrogen and oxygen atoms in total. The van der Waals surface area contributed by atoms with Crippen LogP contribution in [-0.4, -0.2) is 24.5 Å². The molecule has 4 heteroatoms. The lowest BCUT2D eigenvalue weighted by Crippen LogP contribution is -2.22. The molecule has 3 rings (SSSR count). The van der Waals surface area contributed by atoms with Gasteiger partial charge in [-0.3, -0.25) is 4.90 Å². The maximum absolute atomic E-state index is 11.5. The lowest BCUT2D eigenvalue weighted by Gasteiger charge is -2.23. The molecule has 1 aliphatic rings. The second kappa shape index (κ2) is 6.63. The predicted octanol–water partition coefficient (Wildman–Crippen LogP) is 4.18. The molecule has 0 bridgehead atoms. The highest BCUT2D eigenvalue weighted by molar-refractivity contribution is 7.12. The van der Waals surface area contributed by atoms with Crippen LogP contribution in [0, 0.1) is 6.92 Å². The molecule has 2 heterocycles. The Bertz CT molecular complexity index is 647. The Hall–Kier alpha value is -1.65. The zero-order chi connectivity index (χ0) is 15.5. The molecule has 1 aliphatic heterocycles. The molecule has 0 N–H and O–H groups in total. The van der Waals surface area contributed by atoms with Crippen LogP contribution in [0.1, 0.15) is 44.6 Å². The van der Waals surface area contributed by atoms with Crippen LogP contribution in [-0.2, 0) is 11.3 Å². The van der Waals surface area contributed by atoms with Crippen LogP contribution in [0.25, 0.3) is 0 Å². The number of nitrogens with zero attached hydrogens (tertiary/aromatic N) is 1. The summed E-state index contributed by atoms with van der Waals surface area (Å²) < 4.78 is 4.74. The molecule has 1 aromatic heterocycles. The van der Waals surface area contributed by atoms with Gasteiger partial charge in [-0.1, -0.05) is 12.1 Å². The normalized spacial score (nSPS) is 18.5. The summed E-state index contributed by atoms with van der Waals surface area (Å²) >= 11 is 1.91. The molecule has 22 heavy (non-hydrogen) atoms. The van der Waals surface area contributed by atoms with E-state index in [2.05, 4.69) is 24.0 Å². The average Bonchev–Trinajstić information content (AvgIpc) is 3.16. The maximum Gasteiger partial charge on any atom is 0.337 e.